The Labute approximate surface area is 177 Å². The summed E-state index contributed by atoms with van der Waals surface area (Å²) >= 11 is 0. The lowest BCUT2D eigenvalue weighted by Crippen LogP contribution is -2.43. The number of ether oxygens (including phenoxy) is 1. The largest absolute Gasteiger partial charge is 0.381 e. The minimum atomic E-state index is -4.13. The van der Waals surface area contributed by atoms with E-state index in [0.29, 0.717) is 5.65 Å². The summed E-state index contributed by atoms with van der Waals surface area (Å²) in [5, 5.41) is 0.0917. The van der Waals surface area contributed by atoms with Crippen LogP contribution in [0.3, 0.4) is 0 Å². The summed E-state index contributed by atoms with van der Waals surface area (Å²) in [6, 6.07) is 9.17. The van der Waals surface area contributed by atoms with Crippen molar-refractivity contribution in [2.45, 2.75) is 23.3 Å². The third-order valence-electron chi connectivity index (χ3n) is 4.99. The van der Waals surface area contributed by atoms with Gasteiger partial charge in [0.1, 0.15) is 16.1 Å². The van der Waals surface area contributed by atoms with E-state index < -0.39 is 21.2 Å². The molecule has 160 valence electrons. The van der Waals surface area contributed by atoms with Crippen LogP contribution in [-0.4, -0.2) is 31.5 Å². The molecule has 0 atom stereocenters. The Kier molecular flexibility index (Phi) is 5.19. The van der Waals surface area contributed by atoms with Gasteiger partial charge in [-0.1, -0.05) is 11.1 Å². The SMILES string of the molecule is COCC[n+]1c(N)c(S(=O)(=O)c2ccc(F)cc2)cc2c(=O)n3cc(C)ccc3nc21. The summed E-state index contributed by atoms with van der Waals surface area (Å²) in [4.78, 5) is 17.4. The van der Waals surface area contributed by atoms with Crippen molar-refractivity contribution >= 4 is 32.3 Å². The van der Waals surface area contributed by atoms with Gasteiger partial charge in [-0.15, -0.1) is 0 Å². The first-order valence-corrected chi connectivity index (χ1v) is 10.9. The van der Waals surface area contributed by atoms with E-state index in [9.17, 15) is 17.6 Å². The van der Waals surface area contributed by atoms with Crippen molar-refractivity contribution in [2.75, 3.05) is 19.5 Å². The molecule has 0 bridgehead atoms. The number of fused-ring (bicyclic) bond motifs is 2. The third kappa shape index (κ3) is 3.53. The molecule has 0 spiro atoms. The molecule has 0 aliphatic carbocycles. The predicted molar refractivity (Wildman–Crippen MR) is 112 cm³/mol. The zero-order valence-electron chi connectivity index (χ0n) is 16.9. The number of nitrogens with zero attached hydrogens (tertiary/aromatic N) is 3. The molecule has 2 N–H and O–H groups in total. The lowest BCUT2D eigenvalue weighted by molar-refractivity contribution is -0.662. The third-order valence-corrected chi connectivity index (χ3v) is 6.79. The number of methoxy groups -OCH3 is 1. The molecule has 3 heterocycles. The number of pyridine rings is 2. The number of sulfone groups is 1. The number of anilines is 1. The molecule has 31 heavy (non-hydrogen) atoms. The summed E-state index contributed by atoms with van der Waals surface area (Å²) in [7, 11) is -2.63. The molecule has 10 heteroatoms. The van der Waals surface area contributed by atoms with Crippen molar-refractivity contribution in [3.63, 3.8) is 0 Å². The van der Waals surface area contributed by atoms with Gasteiger partial charge in [0, 0.05) is 13.3 Å². The van der Waals surface area contributed by atoms with Crippen LogP contribution >= 0.6 is 0 Å². The summed E-state index contributed by atoms with van der Waals surface area (Å²) in [5.41, 5.74) is 7.34. The molecule has 4 aromatic rings. The smallest absolute Gasteiger partial charge is 0.278 e. The molecule has 0 aliphatic rings. The van der Waals surface area contributed by atoms with E-state index in [-0.39, 0.29) is 39.8 Å². The van der Waals surface area contributed by atoms with Crippen molar-refractivity contribution in [3.05, 3.63) is 70.4 Å². The van der Waals surface area contributed by atoms with E-state index in [1.807, 2.05) is 13.0 Å². The standard InChI is InChI=1S/C21H19FN4O4S/c1-13-3-8-18-24-20-16(21(27)26(18)12-13)11-17(19(23)25(20)9-10-30-2)31(28,29)15-6-4-14(22)5-7-15/h3-8,11-12,23H,9-10H2,1-2H3/p+1. The molecule has 0 radical (unpaired) electrons. The molecule has 1 aromatic carbocycles. The monoisotopic (exact) mass is 443 g/mol. The molecular weight excluding hydrogens is 423 g/mol. The highest BCUT2D eigenvalue weighted by molar-refractivity contribution is 7.91. The second-order valence-corrected chi connectivity index (χ2v) is 9.00. The highest BCUT2D eigenvalue weighted by Gasteiger charge is 2.29. The summed E-state index contributed by atoms with van der Waals surface area (Å²) in [6.07, 6.45) is 1.63. The average molecular weight is 443 g/mol. The van der Waals surface area contributed by atoms with Crippen LogP contribution < -0.4 is 15.9 Å². The van der Waals surface area contributed by atoms with Crippen molar-refractivity contribution in [1.82, 2.24) is 9.38 Å². The van der Waals surface area contributed by atoms with Gasteiger partial charge in [-0.2, -0.15) is 0 Å². The molecule has 0 fully saturated rings. The maximum Gasteiger partial charge on any atom is 0.278 e. The first kappa shape index (κ1) is 20.9. The van der Waals surface area contributed by atoms with Gasteiger partial charge < -0.3 is 10.5 Å². The zero-order valence-corrected chi connectivity index (χ0v) is 17.7. The topological polar surface area (TPSA) is 108 Å². The predicted octanol–water partition coefficient (Wildman–Crippen LogP) is 1.64. The first-order valence-electron chi connectivity index (χ1n) is 9.38. The number of benzene rings is 1. The lowest BCUT2D eigenvalue weighted by atomic mass is 10.2. The molecule has 4 rings (SSSR count). The number of nitrogen functional groups attached to an aromatic ring is 1. The lowest BCUT2D eigenvalue weighted by Gasteiger charge is -2.12. The van der Waals surface area contributed by atoms with Gasteiger partial charge in [-0.25, -0.2) is 17.4 Å². The van der Waals surface area contributed by atoms with Crippen molar-refractivity contribution < 1.29 is 22.1 Å². The molecule has 0 amide bonds. The Morgan fingerprint density at radius 1 is 1.19 bits per heavy atom. The number of hydrogen-bond donors (Lipinski definition) is 1. The van der Waals surface area contributed by atoms with Crippen LogP contribution in [0.1, 0.15) is 5.56 Å². The van der Waals surface area contributed by atoms with E-state index in [0.717, 1.165) is 29.8 Å². The highest BCUT2D eigenvalue weighted by atomic mass is 32.2. The Hall–Kier alpha value is -3.37. The van der Waals surface area contributed by atoms with E-state index in [1.54, 1.807) is 12.3 Å². The molecule has 0 saturated heterocycles. The second-order valence-electron chi connectivity index (χ2n) is 7.08. The number of hydrogen-bond acceptors (Lipinski definition) is 6. The number of nitrogens with two attached hydrogens (primary N) is 1. The Morgan fingerprint density at radius 3 is 2.58 bits per heavy atom. The first-order chi connectivity index (χ1) is 14.7. The number of halogens is 1. The van der Waals surface area contributed by atoms with Gasteiger partial charge >= 0.3 is 0 Å². The van der Waals surface area contributed by atoms with Gasteiger partial charge in [-0.3, -0.25) is 9.20 Å². The second kappa shape index (κ2) is 7.71. The number of aryl methyl sites for hydroxylation is 1. The van der Waals surface area contributed by atoms with Crippen molar-refractivity contribution in [1.29, 1.82) is 0 Å². The van der Waals surface area contributed by atoms with Crippen molar-refractivity contribution in [2.24, 2.45) is 0 Å². The van der Waals surface area contributed by atoms with Crippen molar-refractivity contribution in [3.8, 4) is 0 Å². The van der Waals surface area contributed by atoms with Crippen LogP contribution in [0.5, 0.6) is 0 Å². The summed E-state index contributed by atoms with van der Waals surface area (Å²) in [5.74, 6) is -0.651. The summed E-state index contributed by atoms with van der Waals surface area (Å²) < 4.78 is 47.8. The molecule has 0 unspecified atom stereocenters. The van der Waals surface area contributed by atoms with Crippen LogP contribution in [0.4, 0.5) is 10.2 Å². The van der Waals surface area contributed by atoms with Crippen LogP contribution in [0.15, 0.2) is 63.2 Å². The average Bonchev–Trinajstić information content (AvgIpc) is 2.74. The molecule has 0 aliphatic heterocycles. The molecule has 3 aromatic heterocycles. The minimum absolute atomic E-state index is 0.0859. The maximum atomic E-state index is 13.3. The zero-order chi connectivity index (χ0) is 22.3. The minimum Gasteiger partial charge on any atom is -0.381 e. The van der Waals surface area contributed by atoms with E-state index >= 15 is 0 Å². The van der Waals surface area contributed by atoms with Gasteiger partial charge in [0.05, 0.1) is 18.0 Å². The molecule has 0 saturated carbocycles. The fourth-order valence-electron chi connectivity index (χ4n) is 3.40. The maximum absolute atomic E-state index is 13.3. The normalized spacial score (nSPS) is 12.0. The van der Waals surface area contributed by atoms with Gasteiger partial charge in [-0.05, 0) is 48.9 Å². The number of aromatic nitrogens is 3. The van der Waals surface area contributed by atoms with E-state index in [4.69, 9.17) is 10.5 Å². The van der Waals surface area contributed by atoms with Gasteiger partial charge in [0.2, 0.25) is 21.3 Å². The highest BCUT2D eigenvalue weighted by Crippen LogP contribution is 2.26. The molecular formula is C21H20FN4O4S+. The quantitative estimate of drug-likeness (QED) is 0.285. The fourth-order valence-corrected chi connectivity index (χ4v) is 4.80. The Morgan fingerprint density at radius 2 is 1.90 bits per heavy atom. The Bertz CT molecular complexity index is 1480. The van der Waals surface area contributed by atoms with Crippen LogP contribution in [0.2, 0.25) is 0 Å². The number of rotatable bonds is 5. The van der Waals surface area contributed by atoms with Gasteiger partial charge in [0.25, 0.3) is 11.2 Å². The van der Waals surface area contributed by atoms with E-state index in [1.165, 1.54) is 22.1 Å². The van der Waals surface area contributed by atoms with Crippen LogP contribution in [0.25, 0.3) is 16.7 Å². The van der Waals surface area contributed by atoms with E-state index in [2.05, 4.69) is 4.98 Å². The Balaban J connectivity index is 2.10. The molecule has 8 nitrogen and oxygen atoms in total. The fraction of sp³-hybridized carbons (Fsp3) is 0.190. The summed E-state index contributed by atoms with van der Waals surface area (Å²) in [6.45, 7) is 2.24. The van der Waals surface area contributed by atoms with Crippen LogP contribution in [-0.2, 0) is 21.1 Å². The van der Waals surface area contributed by atoms with Gasteiger partial charge in [0.15, 0.2) is 0 Å². The van der Waals surface area contributed by atoms with Crippen LogP contribution in [0, 0.1) is 12.7 Å².